The van der Waals surface area contributed by atoms with E-state index in [1.54, 1.807) is 0 Å². The molecule has 2 atom stereocenters. The van der Waals surface area contributed by atoms with Crippen LogP contribution in [-0.4, -0.2) is 24.4 Å². The lowest BCUT2D eigenvalue weighted by Gasteiger charge is -2.21. The van der Waals surface area contributed by atoms with E-state index < -0.39 is 0 Å². The summed E-state index contributed by atoms with van der Waals surface area (Å²) in [5.74, 6) is 0. The van der Waals surface area contributed by atoms with Gasteiger partial charge in [-0.1, -0.05) is 37.3 Å². The smallest absolute Gasteiger partial charge is 0.166 e. The standard InChI is InChI=1S/C15H22N2OS/c1-2-14(12-7-4-3-5-8-12)17-15(19)16-11-13-9-6-10-18-13/h3-5,7-8,13-14H,2,6,9-11H2,1H3,(H2,16,17,19). The third kappa shape index (κ3) is 4.48. The molecule has 0 spiro atoms. The Balaban J connectivity index is 1.79. The molecule has 0 aliphatic carbocycles. The van der Waals surface area contributed by atoms with E-state index in [0.717, 1.165) is 32.4 Å². The van der Waals surface area contributed by atoms with Gasteiger partial charge in [-0.05, 0) is 37.0 Å². The van der Waals surface area contributed by atoms with E-state index in [2.05, 4.69) is 41.8 Å². The summed E-state index contributed by atoms with van der Waals surface area (Å²) < 4.78 is 5.57. The van der Waals surface area contributed by atoms with Gasteiger partial charge in [-0.3, -0.25) is 0 Å². The minimum Gasteiger partial charge on any atom is -0.376 e. The van der Waals surface area contributed by atoms with Crippen molar-refractivity contribution < 1.29 is 4.74 Å². The fourth-order valence-electron chi connectivity index (χ4n) is 2.33. The number of benzene rings is 1. The van der Waals surface area contributed by atoms with Crippen molar-refractivity contribution in [3.63, 3.8) is 0 Å². The Labute approximate surface area is 120 Å². The predicted molar refractivity (Wildman–Crippen MR) is 82.2 cm³/mol. The fourth-order valence-corrected chi connectivity index (χ4v) is 2.55. The molecule has 0 amide bonds. The van der Waals surface area contributed by atoms with Crippen LogP contribution in [0.3, 0.4) is 0 Å². The van der Waals surface area contributed by atoms with Crippen molar-refractivity contribution in [1.82, 2.24) is 10.6 Å². The van der Waals surface area contributed by atoms with Crippen molar-refractivity contribution in [2.24, 2.45) is 0 Å². The van der Waals surface area contributed by atoms with Gasteiger partial charge in [-0.15, -0.1) is 0 Å². The van der Waals surface area contributed by atoms with Crippen LogP contribution in [0.15, 0.2) is 30.3 Å². The molecule has 0 aromatic heterocycles. The first kappa shape index (κ1) is 14.3. The Morgan fingerprint density at radius 1 is 1.42 bits per heavy atom. The molecule has 3 nitrogen and oxygen atoms in total. The van der Waals surface area contributed by atoms with Gasteiger partial charge in [0.1, 0.15) is 0 Å². The van der Waals surface area contributed by atoms with Crippen LogP contribution in [0.4, 0.5) is 0 Å². The topological polar surface area (TPSA) is 33.3 Å². The number of ether oxygens (including phenoxy) is 1. The second-order valence-corrected chi connectivity index (χ2v) is 5.27. The van der Waals surface area contributed by atoms with Gasteiger partial charge < -0.3 is 15.4 Å². The van der Waals surface area contributed by atoms with Crippen LogP contribution >= 0.6 is 12.2 Å². The van der Waals surface area contributed by atoms with Gasteiger partial charge in [0.2, 0.25) is 0 Å². The molecule has 0 saturated carbocycles. The largest absolute Gasteiger partial charge is 0.376 e. The zero-order valence-electron chi connectivity index (χ0n) is 11.4. The van der Waals surface area contributed by atoms with Crippen LogP contribution in [0.1, 0.15) is 37.8 Å². The Morgan fingerprint density at radius 3 is 2.84 bits per heavy atom. The first-order valence-corrected chi connectivity index (χ1v) is 7.41. The summed E-state index contributed by atoms with van der Waals surface area (Å²) in [7, 11) is 0. The van der Waals surface area contributed by atoms with Crippen molar-refractivity contribution in [1.29, 1.82) is 0 Å². The minimum absolute atomic E-state index is 0.269. The summed E-state index contributed by atoms with van der Waals surface area (Å²) in [4.78, 5) is 0. The lowest BCUT2D eigenvalue weighted by Crippen LogP contribution is -2.40. The van der Waals surface area contributed by atoms with Gasteiger partial charge in [0.15, 0.2) is 5.11 Å². The minimum atomic E-state index is 0.269. The Morgan fingerprint density at radius 2 is 2.21 bits per heavy atom. The highest BCUT2D eigenvalue weighted by Gasteiger charge is 2.16. The monoisotopic (exact) mass is 278 g/mol. The van der Waals surface area contributed by atoms with Crippen molar-refractivity contribution in [2.75, 3.05) is 13.2 Å². The van der Waals surface area contributed by atoms with Crippen molar-refractivity contribution >= 4 is 17.3 Å². The molecule has 1 heterocycles. The molecule has 1 aromatic rings. The van der Waals surface area contributed by atoms with E-state index in [1.165, 1.54) is 5.56 Å². The normalized spacial score (nSPS) is 19.9. The quantitative estimate of drug-likeness (QED) is 0.812. The summed E-state index contributed by atoms with van der Waals surface area (Å²) in [5.41, 5.74) is 1.27. The molecule has 2 unspecified atom stereocenters. The Kier molecular flexibility index (Phi) is 5.61. The molecule has 104 valence electrons. The molecule has 2 N–H and O–H groups in total. The van der Waals surface area contributed by atoms with E-state index in [0.29, 0.717) is 11.2 Å². The van der Waals surface area contributed by atoms with Gasteiger partial charge in [0.05, 0.1) is 12.1 Å². The average molecular weight is 278 g/mol. The maximum atomic E-state index is 5.57. The molecule has 0 radical (unpaired) electrons. The van der Waals surface area contributed by atoms with Crippen molar-refractivity contribution in [2.45, 2.75) is 38.3 Å². The van der Waals surface area contributed by atoms with Gasteiger partial charge >= 0.3 is 0 Å². The highest BCUT2D eigenvalue weighted by atomic mass is 32.1. The summed E-state index contributed by atoms with van der Waals surface area (Å²) in [5, 5.41) is 7.34. The molecule has 0 bridgehead atoms. The predicted octanol–water partition coefficient (Wildman–Crippen LogP) is 2.78. The number of hydrogen-bond donors (Lipinski definition) is 2. The first-order chi connectivity index (χ1) is 9.29. The SMILES string of the molecule is CCC(NC(=S)NCC1CCCO1)c1ccccc1. The van der Waals surface area contributed by atoms with Gasteiger partial charge in [-0.25, -0.2) is 0 Å². The van der Waals surface area contributed by atoms with Crippen LogP contribution in [0.2, 0.25) is 0 Å². The number of hydrogen-bond acceptors (Lipinski definition) is 2. The maximum Gasteiger partial charge on any atom is 0.166 e. The zero-order valence-corrected chi connectivity index (χ0v) is 12.2. The van der Waals surface area contributed by atoms with E-state index in [-0.39, 0.29) is 6.04 Å². The van der Waals surface area contributed by atoms with Crippen molar-refractivity contribution in [3.8, 4) is 0 Å². The fraction of sp³-hybridized carbons (Fsp3) is 0.533. The van der Waals surface area contributed by atoms with Crippen LogP contribution in [-0.2, 0) is 4.74 Å². The number of nitrogens with one attached hydrogen (secondary N) is 2. The summed E-state index contributed by atoms with van der Waals surface area (Å²) in [6.45, 7) is 3.85. The molecule has 4 heteroatoms. The van der Waals surface area contributed by atoms with Crippen molar-refractivity contribution in [3.05, 3.63) is 35.9 Å². The van der Waals surface area contributed by atoms with Gasteiger partial charge in [0.25, 0.3) is 0 Å². The molecule has 19 heavy (non-hydrogen) atoms. The second kappa shape index (κ2) is 7.46. The maximum absolute atomic E-state index is 5.57. The molecular weight excluding hydrogens is 256 g/mol. The average Bonchev–Trinajstić information content (AvgIpc) is 2.97. The van der Waals surface area contributed by atoms with Crippen LogP contribution in [0.5, 0.6) is 0 Å². The highest BCUT2D eigenvalue weighted by Crippen LogP contribution is 2.15. The van der Waals surface area contributed by atoms with E-state index in [1.807, 2.05) is 6.07 Å². The lowest BCUT2D eigenvalue weighted by molar-refractivity contribution is 0.114. The number of rotatable bonds is 5. The zero-order chi connectivity index (χ0) is 13.5. The van der Waals surface area contributed by atoms with Crippen LogP contribution in [0, 0.1) is 0 Å². The van der Waals surface area contributed by atoms with Gasteiger partial charge in [-0.2, -0.15) is 0 Å². The lowest BCUT2D eigenvalue weighted by atomic mass is 10.1. The molecule has 1 aliphatic heterocycles. The highest BCUT2D eigenvalue weighted by molar-refractivity contribution is 7.80. The third-order valence-electron chi connectivity index (χ3n) is 3.43. The van der Waals surface area contributed by atoms with E-state index in [9.17, 15) is 0 Å². The van der Waals surface area contributed by atoms with E-state index in [4.69, 9.17) is 17.0 Å². The molecule has 1 aliphatic rings. The van der Waals surface area contributed by atoms with Gasteiger partial charge in [0, 0.05) is 13.2 Å². The molecule has 1 aromatic carbocycles. The Bertz CT molecular complexity index is 390. The van der Waals surface area contributed by atoms with Crippen LogP contribution in [0.25, 0.3) is 0 Å². The first-order valence-electron chi connectivity index (χ1n) is 7.00. The molecule has 1 fully saturated rings. The molecule has 1 saturated heterocycles. The second-order valence-electron chi connectivity index (χ2n) is 4.86. The summed E-state index contributed by atoms with van der Waals surface area (Å²) >= 11 is 5.35. The summed E-state index contributed by atoms with van der Waals surface area (Å²) in [6.07, 6.45) is 3.61. The summed E-state index contributed by atoms with van der Waals surface area (Å²) in [6, 6.07) is 10.7. The van der Waals surface area contributed by atoms with Crippen LogP contribution < -0.4 is 10.6 Å². The van der Waals surface area contributed by atoms with E-state index >= 15 is 0 Å². The number of thiocarbonyl (C=S) groups is 1. The third-order valence-corrected chi connectivity index (χ3v) is 3.69. The molecular formula is C15H22N2OS. The molecule has 2 rings (SSSR count). The Hall–Kier alpha value is -1.13.